The molecule has 0 saturated heterocycles. The van der Waals surface area contributed by atoms with Crippen molar-refractivity contribution in [2.45, 2.75) is 19.8 Å². The van der Waals surface area contributed by atoms with E-state index in [2.05, 4.69) is 0 Å². The van der Waals surface area contributed by atoms with Crippen LogP contribution in [0.15, 0.2) is 0 Å². The lowest BCUT2D eigenvalue weighted by Crippen LogP contribution is -2.03. The number of aliphatic carboxylic acids is 1. The summed E-state index contributed by atoms with van der Waals surface area (Å²) in [4.78, 5) is 9.98. The molecule has 1 unspecified atom stereocenters. The molecule has 0 aromatic heterocycles. The summed E-state index contributed by atoms with van der Waals surface area (Å²) in [6, 6.07) is 1.90. The summed E-state index contributed by atoms with van der Waals surface area (Å²) in [6.07, 6.45) is 0.579. The van der Waals surface area contributed by atoms with E-state index < -0.39 is 5.97 Å². The Bertz CT molecular complexity index is 136. The Morgan fingerprint density at radius 2 is 2.44 bits per heavy atom. The van der Waals surface area contributed by atoms with Crippen molar-refractivity contribution in [3.63, 3.8) is 0 Å². The monoisotopic (exact) mass is 127 g/mol. The first kappa shape index (κ1) is 7.96. The molecule has 0 aliphatic rings. The summed E-state index contributed by atoms with van der Waals surface area (Å²) in [5, 5.41) is 16.5. The standard InChI is InChI=1S/C6H9NO2/c1-2-5(4-7)3-6(8)9/h5H,2-3H2,1H3,(H,8,9). The third-order valence-electron chi connectivity index (χ3n) is 1.10. The van der Waals surface area contributed by atoms with Gasteiger partial charge in [0.1, 0.15) is 0 Å². The van der Waals surface area contributed by atoms with Gasteiger partial charge in [0.25, 0.3) is 0 Å². The number of rotatable bonds is 3. The van der Waals surface area contributed by atoms with Gasteiger partial charge in [0.2, 0.25) is 0 Å². The molecule has 50 valence electrons. The quantitative estimate of drug-likeness (QED) is 0.615. The largest absolute Gasteiger partial charge is 0.481 e. The van der Waals surface area contributed by atoms with Crippen LogP contribution in [0.1, 0.15) is 19.8 Å². The Morgan fingerprint density at radius 1 is 1.89 bits per heavy atom. The Hall–Kier alpha value is -1.04. The van der Waals surface area contributed by atoms with E-state index in [0.29, 0.717) is 6.42 Å². The van der Waals surface area contributed by atoms with Crippen LogP contribution in [0, 0.1) is 17.2 Å². The predicted octanol–water partition coefficient (Wildman–Crippen LogP) is 1.01. The van der Waals surface area contributed by atoms with Crippen LogP contribution in [0.25, 0.3) is 0 Å². The van der Waals surface area contributed by atoms with E-state index in [4.69, 9.17) is 10.4 Å². The van der Waals surface area contributed by atoms with E-state index in [1.54, 1.807) is 6.92 Å². The Balaban J connectivity index is 3.60. The molecule has 1 atom stereocenters. The molecule has 0 spiro atoms. The van der Waals surface area contributed by atoms with Crippen LogP contribution in [0.5, 0.6) is 0 Å². The number of carboxylic acids is 1. The molecule has 0 aliphatic heterocycles. The number of carbonyl (C=O) groups is 1. The van der Waals surface area contributed by atoms with Crippen LogP contribution >= 0.6 is 0 Å². The van der Waals surface area contributed by atoms with Crippen LogP contribution in [-0.2, 0) is 4.79 Å². The highest BCUT2D eigenvalue weighted by Crippen LogP contribution is 2.04. The average molecular weight is 127 g/mol. The third-order valence-corrected chi connectivity index (χ3v) is 1.10. The SMILES string of the molecule is CCC(C#N)CC(=O)O. The second-order valence-electron chi connectivity index (χ2n) is 1.83. The summed E-state index contributed by atoms with van der Waals surface area (Å²) >= 11 is 0. The minimum absolute atomic E-state index is 0.0347. The van der Waals surface area contributed by atoms with Crippen molar-refractivity contribution in [3.8, 4) is 6.07 Å². The van der Waals surface area contributed by atoms with Crippen molar-refractivity contribution >= 4 is 5.97 Å². The van der Waals surface area contributed by atoms with Gasteiger partial charge in [-0.1, -0.05) is 6.92 Å². The summed E-state index contributed by atoms with van der Waals surface area (Å²) < 4.78 is 0. The second kappa shape index (κ2) is 3.90. The van der Waals surface area contributed by atoms with E-state index in [-0.39, 0.29) is 12.3 Å². The van der Waals surface area contributed by atoms with Crippen LogP contribution in [-0.4, -0.2) is 11.1 Å². The van der Waals surface area contributed by atoms with Crippen LogP contribution in [0.4, 0.5) is 0 Å². The second-order valence-corrected chi connectivity index (χ2v) is 1.83. The summed E-state index contributed by atoms with van der Waals surface area (Å²) in [5.74, 6) is -1.22. The van der Waals surface area contributed by atoms with E-state index in [0.717, 1.165) is 0 Å². The predicted molar refractivity (Wildman–Crippen MR) is 31.6 cm³/mol. The molecule has 3 nitrogen and oxygen atoms in total. The van der Waals surface area contributed by atoms with E-state index in [1.165, 1.54) is 0 Å². The molecule has 0 bridgehead atoms. The average Bonchev–Trinajstić information content (AvgIpc) is 1.82. The molecule has 0 aromatic rings. The van der Waals surface area contributed by atoms with Gasteiger partial charge in [0.05, 0.1) is 18.4 Å². The molecular weight excluding hydrogens is 118 g/mol. The number of nitrogens with zero attached hydrogens (tertiary/aromatic N) is 1. The van der Waals surface area contributed by atoms with Crippen LogP contribution < -0.4 is 0 Å². The molecular formula is C6H9NO2. The first-order valence-corrected chi connectivity index (χ1v) is 2.82. The highest BCUT2D eigenvalue weighted by atomic mass is 16.4. The number of hydrogen-bond donors (Lipinski definition) is 1. The lowest BCUT2D eigenvalue weighted by atomic mass is 10.1. The van der Waals surface area contributed by atoms with Gasteiger partial charge < -0.3 is 5.11 Å². The fourth-order valence-corrected chi connectivity index (χ4v) is 0.492. The zero-order chi connectivity index (χ0) is 7.28. The zero-order valence-corrected chi connectivity index (χ0v) is 5.29. The van der Waals surface area contributed by atoms with Crippen molar-refractivity contribution in [1.29, 1.82) is 5.26 Å². The van der Waals surface area contributed by atoms with Crippen molar-refractivity contribution in [2.75, 3.05) is 0 Å². The summed E-state index contributed by atoms with van der Waals surface area (Å²) in [7, 11) is 0. The zero-order valence-electron chi connectivity index (χ0n) is 5.29. The van der Waals surface area contributed by atoms with Gasteiger partial charge in [0, 0.05) is 0 Å². The van der Waals surface area contributed by atoms with Gasteiger partial charge >= 0.3 is 5.97 Å². The molecule has 0 aromatic carbocycles. The van der Waals surface area contributed by atoms with Gasteiger partial charge in [-0.2, -0.15) is 5.26 Å². The van der Waals surface area contributed by atoms with Gasteiger partial charge in [-0.25, -0.2) is 0 Å². The Labute approximate surface area is 53.9 Å². The van der Waals surface area contributed by atoms with Crippen LogP contribution in [0.3, 0.4) is 0 Å². The summed E-state index contributed by atoms with van der Waals surface area (Å²) in [5.41, 5.74) is 0. The molecule has 0 aliphatic carbocycles. The van der Waals surface area contributed by atoms with Crippen LogP contribution in [0.2, 0.25) is 0 Å². The smallest absolute Gasteiger partial charge is 0.304 e. The van der Waals surface area contributed by atoms with Gasteiger partial charge in [-0.3, -0.25) is 4.79 Å². The van der Waals surface area contributed by atoms with E-state index in [9.17, 15) is 4.79 Å². The van der Waals surface area contributed by atoms with Crippen molar-refractivity contribution in [1.82, 2.24) is 0 Å². The summed E-state index contributed by atoms with van der Waals surface area (Å²) in [6.45, 7) is 1.80. The first-order valence-electron chi connectivity index (χ1n) is 2.82. The maximum atomic E-state index is 9.98. The van der Waals surface area contributed by atoms with E-state index in [1.807, 2.05) is 6.07 Å². The topological polar surface area (TPSA) is 61.1 Å². The van der Waals surface area contributed by atoms with Gasteiger partial charge in [-0.05, 0) is 6.42 Å². The minimum atomic E-state index is -0.900. The molecule has 1 N–H and O–H groups in total. The normalized spacial score (nSPS) is 12.0. The van der Waals surface area contributed by atoms with Gasteiger partial charge in [-0.15, -0.1) is 0 Å². The van der Waals surface area contributed by atoms with Gasteiger partial charge in [0.15, 0.2) is 0 Å². The first-order chi connectivity index (χ1) is 4.20. The fraction of sp³-hybridized carbons (Fsp3) is 0.667. The lowest BCUT2D eigenvalue weighted by Gasteiger charge is -1.97. The van der Waals surface area contributed by atoms with Crippen molar-refractivity contribution in [2.24, 2.45) is 5.92 Å². The Kier molecular flexibility index (Phi) is 3.45. The maximum absolute atomic E-state index is 9.98. The fourth-order valence-electron chi connectivity index (χ4n) is 0.492. The molecule has 9 heavy (non-hydrogen) atoms. The number of hydrogen-bond acceptors (Lipinski definition) is 2. The molecule has 3 heteroatoms. The molecule has 0 rings (SSSR count). The lowest BCUT2D eigenvalue weighted by molar-refractivity contribution is -0.137. The van der Waals surface area contributed by atoms with Crippen molar-refractivity contribution in [3.05, 3.63) is 0 Å². The molecule has 0 saturated carbocycles. The third kappa shape index (κ3) is 3.53. The molecule has 0 fully saturated rings. The molecule has 0 radical (unpaired) electrons. The molecule has 0 amide bonds. The highest BCUT2D eigenvalue weighted by molar-refractivity contribution is 5.67. The number of nitriles is 1. The maximum Gasteiger partial charge on any atom is 0.304 e. The number of carboxylic acid groups (broad SMARTS) is 1. The Morgan fingerprint density at radius 3 is 2.56 bits per heavy atom. The highest BCUT2D eigenvalue weighted by Gasteiger charge is 2.08. The van der Waals surface area contributed by atoms with E-state index >= 15 is 0 Å². The van der Waals surface area contributed by atoms with Crippen molar-refractivity contribution < 1.29 is 9.90 Å². The molecule has 0 heterocycles. The minimum Gasteiger partial charge on any atom is -0.481 e.